The van der Waals surface area contributed by atoms with E-state index in [0.29, 0.717) is 6.61 Å². The lowest BCUT2D eigenvalue weighted by atomic mass is 9.75. The van der Waals surface area contributed by atoms with Crippen LogP contribution in [0.15, 0.2) is 18.2 Å². The Labute approximate surface area is 121 Å². The van der Waals surface area contributed by atoms with Gasteiger partial charge in [0, 0.05) is 6.61 Å². The highest BCUT2D eigenvalue weighted by atomic mass is 19.1. The van der Waals surface area contributed by atoms with Crippen LogP contribution in [-0.4, -0.2) is 19.3 Å². The fraction of sp³-hybridized carbons (Fsp3) is 0.647. The van der Waals surface area contributed by atoms with Gasteiger partial charge in [-0.1, -0.05) is 25.3 Å². The second-order valence-electron chi connectivity index (χ2n) is 5.78. The van der Waals surface area contributed by atoms with Gasteiger partial charge in [-0.05, 0) is 57.0 Å². The van der Waals surface area contributed by atoms with Gasteiger partial charge in [0.2, 0.25) is 0 Å². The molecule has 0 aliphatic heterocycles. The van der Waals surface area contributed by atoms with Crippen molar-refractivity contribution in [1.29, 1.82) is 0 Å². The zero-order chi connectivity index (χ0) is 14.6. The predicted molar refractivity (Wildman–Crippen MR) is 80.4 cm³/mol. The average molecular weight is 279 g/mol. The molecule has 1 saturated carbocycles. The summed E-state index contributed by atoms with van der Waals surface area (Å²) in [5.74, 6) is -0.173. The van der Waals surface area contributed by atoms with Crippen molar-refractivity contribution in [2.24, 2.45) is 0 Å². The van der Waals surface area contributed by atoms with E-state index in [1.807, 2.05) is 27.0 Å². The standard InChI is InChI=1S/C17H26FNO/c1-4-20-17(10-6-5-7-11-17)16(19-3)15-12-14(18)9-8-13(15)2/h8-9,12,16,19H,4-7,10-11H2,1-3H3. The van der Waals surface area contributed by atoms with E-state index in [1.54, 1.807) is 6.07 Å². The number of aryl methyl sites for hydroxylation is 1. The van der Waals surface area contributed by atoms with Gasteiger partial charge < -0.3 is 10.1 Å². The lowest BCUT2D eigenvalue weighted by Crippen LogP contribution is -2.47. The number of ether oxygens (including phenoxy) is 1. The third-order valence-corrected chi connectivity index (χ3v) is 4.50. The normalized spacial score (nSPS) is 19.8. The molecule has 0 amide bonds. The number of benzene rings is 1. The molecule has 1 aliphatic rings. The molecule has 20 heavy (non-hydrogen) atoms. The number of nitrogens with one attached hydrogen (secondary N) is 1. The number of hydrogen-bond donors (Lipinski definition) is 1. The van der Waals surface area contributed by atoms with Crippen LogP contribution < -0.4 is 5.32 Å². The van der Waals surface area contributed by atoms with Crippen LogP contribution in [0.5, 0.6) is 0 Å². The first kappa shape index (κ1) is 15.5. The summed E-state index contributed by atoms with van der Waals surface area (Å²) >= 11 is 0. The van der Waals surface area contributed by atoms with Crippen LogP contribution in [0.25, 0.3) is 0 Å². The zero-order valence-corrected chi connectivity index (χ0v) is 12.8. The number of halogens is 1. The van der Waals surface area contributed by atoms with Crippen molar-refractivity contribution in [3.05, 3.63) is 35.1 Å². The summed E-state index contributed by atoms with van der Waals surface area (Å²) in [4.78, 5) is 0. The number of likely N-dealkylation sites (N-methyl/N-ethyl adjacent to an activating group) is 1. The van der Waals surface area contributed by atoms with Crippen molar-refractivity contribution in [3.8, 4) is 0 Å². The Morgan fingerprint density at radius 2 is 2.00 bits per heavy atom. The Balaban J connectivity index is 2.39. The minimum Gasteiger partial charge on any atom is -0.373 e. The Kier molecular flexibility index (Phi) is 5.17. The Bertz CT molecular complexity index is 435. The average Bonchev–Trinajstić information content (AvgIpc) is 2.45. The second-order valence-corrected chi connectivity index (χ2v) is 5.78. The highest BCUT2D eigenvalue weighted by Crippen LogP contribution is 2.42. The van der Waals surface area contributed by atoms with Crippen LogP contribution in [0, 0.1) is 12.7 Å². The van der Waals surface area contributed by atoms with Gasteiger partial charge in [-0.3, -0.25) is 0 Å². The van der Waals surface area contributed by atoms with Crippen LogP contribution in [0.1, 0.15) is 56.2 Å². The molecule has 0 bridgehead atoms. The summed E-state index contributed by atoms with van der Waals surface area (Å²) in [6.07, 6.45) is 5.73. The first-order valence-electron chi connectivity index (χ1n) is 7.70. The van der Waals surface area contributed by atoms with Crippen LogP contribution in [-0.2, 0) is 4.74 Å². The summed E-state index contributed by atoms with van der Waals surface area (Å²) in [7, 11) is 1.95. The topological polar surface area (TPSA) is 21.3 Å². The molecular weight excluding hydrogens is 253 g/mol. The summed E-state index contributed by atoms with van der Waals surface area (Å²) in [5, 5.41) is 3.39. The van der Waals surface area contributed by atoms with Gasteiger partial charge in [0.15, 0.2) is 0 Å². The molecule has 1 aromatic rings. The molecule has 0 radical (unpaired) electrons. The fourth-order valence-electron chi connectivity index (χ4n) is 3.58. The molecule has 1 aliphatic carbocycles. The summed E-state index contributed by atoms with van der Waals surface area (Å²) in [5.41, 5.74) is 1.96. The summed E-state index contributed by atoms with van der Waals surface area (Å²) in [6, 6.07) is 5.10. The molecular formula is C17H26FNO. The SMILES string of the molecule is CCOC1(C(NC)c2cc(F)ccc2C)CCCCC1. The molecule has 2 nitrogen and oxygen atoms in total. The monoisotopic (exact) mass is 279 g/mol. The van der Waals surface area contributed by atoms with Gasteiger partial charge in [-0.25, -0.2) is 4.39 Å². The van der Waals surface area contributed by atoms with Gasteiger partial charge in [0.05, 0.1) is 11.6 Å². The molecule has 1 aromatic carbocycles. The molecule has 2 rings (SSSR count). The lowest BCUT2D eigenvalue weighted by molar-refractivity contribution is -0.0900. The van der Waals surface area contributed by atoms with Crippen molar-refractivity contribution >= 4 is 0 Å². The third kappa shape index (κ3) is 3.04. The number of rotatable bonds is 5. The van der Waals surface area contributed by atoms with Crippen LogP contribution >= 0.6 is 0 Å². The van der Waals surface area contributed by atoms with Crippen molar-refractivity contribution in [2.75, 3.05) is 13.7 Å². The predicted octanol–water partition coefficient (Wildman–Crippen LogP) is 4.13. The molecule has 1 unspecified atom stereocenters. The zero-order valence-electron chi connectivity index (χ0n) is 12.8. The van der Waals surface area contributed by atoms with E-state index >= 15 is 0 Å². The fourth-order valence-corrected chi connectivity index (χ4v) is 3.58. The Hall–Kier alpha value is -0.930. The first-order valence-corrected chi connectivity index (χ1v) is 7.70. The Morgan fingerprint density at radius 3 is 2.60 bits per heavy atom. The largest absolute Gasteiger partial charge is 0.373 e. The molecule has 0 saturated heterocycles. The second kappa shape index (κ2) is 6.68. The summed E-state index contributed by atoms with van der Waals surface area (Å²) < 4.78 is 19.8. The smallest absolute Gasteiger partial charge is 0.123 e. The minimum atomic E-state index is -0.194. The lowest BCUT2D eigenvalue weighted by Gasteiger charge is -2.44. The van der Waals surface area contributed by atoms with E-state index in [0.717, 1.165) is 24.0 Å². The van der Waals surface area contributed by atoms with E-state index in [9.17, 15) is 4.39 Å². The molecule has 0 spiro atoms. The first-order chi connectivity index (χ1) is 9.63. The van der Waals surface area contributed by atoms with Crippen molar-refractivity contribution in [2.45, 2.75) is 57.6 Å². The summed E-state index contributed by atoms with van der Waals surface area (Å²) in [6.45, 7) is 4.79. The van der Waals surface area contributed by atoms with E-state index in [2.05, 4.69) is 5.32 Å². The maximum Gasteiger partial charge on any atom is 0.123 e. The molecule has 1 N–H and O–H groups in total. The van der Waals surface area contributed by atoms with E-state index in [4.69, 9.17) is 4.74 Å². The van der Waals surface area contributed by atoms with Gasteiger partial charge in [0.25, 0.3) is 0 Å². The molecule has 1 atom stereocenters. The van der Waals surface area contributed by atoms with Gasteiger partial charge >= 0.3 is 0 Å². The van der Waals surface area contributed by atoms with Crippen molar-refractivity contribution in [3.63, 3.8) is 0 Å². The third-order valence-electron chi connectivity index (χ3n) is 4.50. The van der Waals surface area contributed by atoms with Crippen LogP contribution in [0.2, 0.25) is 0 Å². The minimum absolute atomic E-state index is 0.0541. The maximum atomic E-state index is 13.7. The van der Waals surface area contributed by atoms with Gasteiger partial charge in [0.1, 0.15) is 5.82 Å². The van der Waals surface area contributed by atoms with Crippen LogP contribution in [0.4, 0.5) is 4.39 Å². The van der Waals surface area contributed by atoms with E-state index in [-0.39, 0.29) is 17.5 Å². The van der Waals surface area contributed by atoms with Crippen LogP contribution in [0.3, 0.4) is 0 Å². The number of hydrogen-bond acceptors (Lipinski definition) is 2. The molecule has 1 fully saturated rings. The molecule has 3 heteroatoms. The molecule has 0 aromatic heterocycles. The van der Waals surface area contributed by atoms with Crippen molar-refractivity contribution in [1.82, 2.24) is 5.32 Å². The van der Waals surface area contributed by atoms with Gasteiger partial charge in [-0.15, -0.1) is 0 Å². The van der Waals surface area contributed by atoms with E-state index < -0.39 is 0 Å². The molecule has 112 valence electrons. The highest BCUT2D eigenvalue weighted by molar-refractivity contribution is 5.32. The van der Waals surface area contributed by atoms with Crippen molar-refractivity contribution < 1.29 is 9.13 Å². The Morgan fingerprint density at radius 1 is 1.30 bits per heavy atom. The quantitative estimate of drug-likeness (QED) is 0.875. The van der Waals surface area contributed by atoms with E-state index in [1.165, 1.54) is 25.3 Å². The highest BCUT2D eigenvalue weighted by Gasteiger charge is 2.41. The maximum absolute atomic E-state index is 13.7. The molecule has 0 heterocycles. The van der Waals surface area contributed by atoms with Gasteiger partial charge in [-0.2, -0.15) is 0 Å².